The Hall–Kier alpha value is -3.50. The van der Waals surface area contributed by atoms with E-state index in [-0.39, 0.29) is 43.1 Å². The second kappa shape index (κ2) is 10.2. The van der Waals surface area contributed by atoms with Gasteiger partial charge in [-0.05, 0) is 69.2 Å². The maximum Gasteiger partial charge on any atom is 0.419 e. The average Bonchev–Trinajstić information content (AvgIpc) is 3.55. The van der Waals surface area contributed by atoms with Crippen LogP contribution in [-0.2, 0) is 33.3 Å². The number of Topliss-reactive ketones (excluding diaryl/α,β-unsaturated/α-hetero) is 1. The molecule has 1 aliphatic heterocycles. The van der Waals surface area contributed by atoms with Gasteiger partial charge in [0, 0.05) is 24.2 Å². The minimum absolute atomic E-state index is 0.00762. The molecule has 2 unspecified atom stereocenters. The van der Waals surface area contributed by atoms with Crippen LogP contribution in [0, 0.1) is 25.7 Å². The number of benzene rings is 1. The molecule has 3 heterocycles. The molecule has 3 aromatic rings. The predicted molar refractivity (Wildman–Crippen MR) is 134 cm³/mol. The van der Waals surface area contributed by atoms with Crippen LogP contribution in [0.5, 0.6) is 5.75 Å². The maximum absolute atomic E-state index is 13.6. The lowest BCUT2D eigenvalue weighted by Gasteiger charge is -2.43. The van der Waals surface area contributed by atoms with Gasteiger partial charge in [-0.15, -0.1) is 5.10 Å². The van der Waals surface area contributed by atoms with Crippen molar-refractivity contribution in [1.29, 1.82) is 0 Å². The molecule has 2 aromatic heterocycles. The number of nitrogens with zero attached hydrogens (tertiary/aromatic N) is 4. The summed E-state index contributed by atoms with van der Waals surface area (Å²) in [5.74, 6) is -1.44. The molecular weight excluding hydrogens is 513 g/mol. The van der Waals surface area contributed by atoms with Gasteiger partial charge in [0.1, 0.15) is 17.3 Å². The summed E-state index contributed by atoms with van der Waals surface area (Å²) in [4.78, 5) is 35.5. The van der Waals surface area contributed by atoms with Gasteiger partial charge in [-0.25, -0.2) is 9.50 Å². The molecule has 0 spiro atoms. The molecule has 0 radical (unpaired) electrons. The monoisotopic (exact) mass is 544 g/mol. The van der Waals surface area contributed by atoms with E-state index in [1.54, 1.807) is 10.6 Å². The van der Waals surface area contributed by atoms with Crippen molar-refractivity contribution >= 4 is 17.5 Å². The zero-order valence-corrected chi connectivity index (χ0v) is 22.2. The van der Waals surface area contributed by atoms with E-state index in [1.807, 2.05) is 19.9 Å². The van der Waals surface area contributed by atoms with Gasteiger partial charge in [-0.2, -0.15) is 18.2 Å². The lowest BCUT2D eigenvalue weighted by atomic mass is 9.73. The smallest absolute Gasteiger partial charge is 0.419 e. The summed E-state index contributed by atoms with van der Waals surface area (Å²) in [5.41, 5.74) is 0.169. The molecule has 0 bridgehead atoms. The number of hydrogen-bond acceptors (Lipinski definition) is 7. The van der Waals surface area contributed by atoms with Crippen LogP contribution in [0.3, 0.4) is 0 Å². The Balaban J connectivity index is 1.37. The second-order valence-corrected chi connectivity index (χ2v) is 10.7. The Labute approximate surface area is 223 Å². The lowest BCUT2D eigenvalue weighted by molar-refractivity contribution is -0.185. The minimum atomic E-state index is -4.57. The summed E-state index contributed by atoms with van der Waals surface area (Å²) in [5, 5.41) is 4.43. The number of aryl methyl sites for hydroxylation is 3. The number of aromatic nitrogens is 4. The van der Waals surface area contributed by atoms with E-state index < -0.39 is 29.2 Å². The third-order valence-electron chi connectivity index (χ3n) is 8.00. The fourth-order valence-electron chi connectivity index (χ4n) is 6.04. The average molecular weight is 545 g/mol. The van der Waals surface area contributed by atoms with Gasteiger partial charge in [0.05, 0.1) is 12.7 Å². The Morgan fingerprint density at radius 3 is 2.54 bits per heavy atom. The van der Waals surface area contributed by atoms with E-state index in [9.17, 15) is 22.8 Å². The summed E-state index contributed by atoms with van der Waals surface area (Å²) < 4.78 is 53.2. The molecule has 2 fully saturated rings. The Bertz CT molecular complexity index is 1390. The molecule has 0 N–H and O–H groups in total. The van der Waals surface area contributed by atoms with Crippen molar-refractivity contribution in [3.63, 3.8) is 0 Å². The normalized spacial score (nSPS) is 22.5. The van der Waals surface area contributed by atoms with Crippen molar-refractivity contribution in [3.05, 3.63) is 52.6 Å². The molecule has 1 saturated carbocycles. The van der Waals surface area contributed by atoms with Crippen LogP contribution >= 0.6 is 0 Å². The summed E-state index contributed by atoms with van der Waals surface area (Å²) in [7, 11) is 1.20. The number of carbonyl (C=O) groups is 2. The van der Waals surface area contributed by atoms with Crippen LogP contribution in [0.2, 0.25) is 0 Å². The molecule has 1 aliphatic carbocycles. The fraction of sp³-hybridized carbons (Fsp3) is 0.536. The number of alkyl halides is 3. The zero-order valence-electron chi connectivity index (χ0n) is 22.2. The van der Waals surface area contributed by atoms with Crippen LogP contribution < -0.4 is 4.74 Å². The van der Waals surface area contributed by atoms with E-state index >= 15 is 0 Å². The molecule has 8 nitrogen and oxygen atoms in total. The highest BCUT2D eigenvalue weighted by atomic mass is 19.4. The van der Waals surface area contributed by atoms with E-state index in [1.165, 1.54) is 13.2 Å². The molecule has 1 saturated heterocycles. The number of ketones is 1. The predicted octanol–water partition coefficient (Wildman–Crippen LogP) is 5.01. The van der Waals surface area contributed by atoms with Crippen LogP contribution in [0.4, 0.5) is 13.2 Å². The first kappa shape index (κ1) is 27.1. The largest absolute Gasteiger partial charge is 0.496 e. The van der Waals surface area contributed by atoms with Crippen molar-refractivity contribution in [3.8, 4) is 5.75 Å². The van der Waals surface area contributed by atoms with Crippen LogP contribution in [0.15, 0.2) is 24.3 Å². The number of ether oxygens (including phenoxy) is 2. The fourth-order valence-corrected chi connectivity index (χ4v) is 6.04. The molecule has 2 aliphatic rings. The van der Waals surface area contributed by atoms with Gasteiger partial charge in [-0.3, -0.25) is 9.59 Å². The highest BCUT2D eigenvalue weighted by Crippen LogP contribution is 2.45. The van der Waals surface area contributed by atoms with Crippen molar-refractivity contribution in [2.75, 3.05) is 7.11 Å². The van der Waals surface area contributed by atoms with E-state index in [0.29, 0.717) is 17.2 Å². The number of cyclic esters (lactones) is 1. The third kappa shape index (κ3) is 5.35. The maximum atomic E-state index is 13.6. The van der Waals surface area contributed by atoms with Crippen molar-refractivity contribution in [1.82, 2.24) is 19.6 Å². The highest BCUT2D eigenvalue weighted by Gasteiger charge is 2.51. The van der Waals surface area contributed by atoms with Gasteiger partial charge in [0.25, 0.3) is 5.78 Å². The number of fused-ring (bicyclic) bond motifs is 1. The SMILES string of the molecule is COc1ccc(CCC2(C3CCCC3)CC(=O)C(Cc3nc4nc(C)cc(C)n4n3)C(=O)O2)cc1C(F)(F)F. The highest BCUT2D eigenvalue weighted by molar-refractivity contribution is 6.01. The Kier molecular flexibility index (Phi) is 7.11. The minimum Gasteiger partial charge on any atom is -0.496 e. The number of halogens is 3. The van der Waals surface area contributed by atoms with Crippen LogP contribution in [0.1, 0.15) is 66.9 Å². The number of hydrogen-bond donors (Lipinski definition) is 0. The molecule has 11 heteroatoms. The quantitative estimate of drug-likeness (QED) is 0.305. The molecule has 208 valence electrons. The first-order valence-corrected chi connectivity index (χ1v) is 13.2. The Morgan fingerprint density at radius 1 is 1.13 bits per heavy atom. The zero-order chi connectivity index (χ0) is 27.9. The molecule has 5 rings (SSSR count). The number of esters is 1. The molecule has 39 heavy (non-hydrogen) atoms. The van der Waals surface area contributed by atoms with E-state index in [0.717, 1.165) is 43.1 Å². The van der Waals surface area contributed by atoms with Crippen molar-refractivity contribution < 1.29 is 32.2 Å². The second-order valence-electron chi connectivity index (χ2n) is 10.7. The van der Waals surface area contributed by atoms with Crippen molar-refractivity contribution in [2.45, 2.75) is 77.0 Å². The molecule has 0 amide bonds. The van der Waals surface area contributed by atoms with E-state index in [4.69, 9.17) is 9.47 Å². The first-order chi connectivity index (χ1) is 18.5. The van der Waals surface area contributed by atoms with Gasteiger partial charge in [0.15, 0.2) is 11.6 Å². The molecular formula is C28H31F3N4O4. The standard InChI is InChI=1S/C28H31F3N4O4/c1-16-12-17(2)35-26(32-16)33-24(34-35)14-20-22(36)15-27(39-25(20)37,19-6-4-5-7-19)11-10-18-8-9-23(38-3)21(13-18)28(29,30)31/h8-9,12-13,19-20H,4-7,10-11,14-15H2,1-3H3. The summed E-state index contributed by atoms with van der Waals surface area (Å²) in [6, 6.07) is 5.82. The topological polar surface area (TPSA) is 95.7 Å². The van der Waals surface area contributed by atoms with E-state index in [2.05, 4.69) is 15.1 Å². The third-order valence-corrected chi connectivity index (χ3v) is 8.00. The van der Waals surface area contributed by atoms with Gasteiger partial charge in [0.2, 0.25) is 0 Å². The Morgan fingerprint density at radius 2 is 1.87 bits per heavy atom. The van der Waals surface area contributed by atoms with Gasteiger partial charge >= 0.3 is 12.1 Å². The summed E-state index contributed by atoms with van der Waals surface area (Å²) in [6.45, 7) is 3.72. The number of methoxy groups -OCH3 is 1. The van der Waals surface area contributed by atoms with Crippen LogP contribution in [0.25, 0.3) is 5.78 Å². The number of rotatable bonds is 7. The summed E-state index contributed by atoms with van der Waals surface area (Å²) >= 11 is 0. The van der Waals surface area contributed by atoms with Gasteiger partial charge < -0.3 is 9.47 Å². The molecule has 1 aromatic carbocycles. The lowest BCUT2D eigenvalue weighted by Crippen LogP contribution is -2.52. The van der Waals surface area contributed by atoms with Crippen LogP contribution in [-0.4, -0.2) is 44.0 Å². The van der Waals surface area contributed by atoms with Crippen molar-refractivity contribution in [2.24, 2.45) is 11.8 Å². The first-order valence-electron chi connectivity index (χ1n) is 13.2. The molecule has 2 atom stereocenters. The summed E-state index contributed by atoms with van der Waals surface area (Å²) in [6.07, 6.45) is -0.510. The van der Waals surface area contributed by atoms with Gasteiger partial charge in [-0.1, -0.05) is 18.9 Å². The number of carbonyl (C=O) groups excluding carboxylic acids is 2.